The number of likely N-dealkylation sites (tertiary alicyclic amines) is 1. The van der Waals surface area contributed by atoms with Crippen molar-refractivity contribution in [2.45, 2.75) is 69.4 Å². The number of rotatable bonds is 15. The SMILES string of the molecule is C=CCCC(=O)OC[C@H](NC(=O)[C@@H]1[C@H]2C(=O)N([C@@H](CO)C(C)C)[C@H](C(=O)N(CC=C)c3ccc(Cl)cc3)[C@]23CC[C@H]1O3)c1ccccc1. The Kier molecular flexibility index (Phi) is 11.1. The van der Waals surface area contributed by atoms with Crippen LogP contribution in [-0.4, -0.2) is 77.2 Å². The van der Waals surface area contributed by atoms with Crippen molar-refractivity contribution in [3.05, 3.63) is 90.5 Å². The van der Waals surface area contributed by atoms with Gasteiger partial charge in [0, 0.05) is 23.7 Å². The first-order valence-electron chi connectivity index (χ1n) is 16.5. The highest BCUT2D eigenvalue weighted by Gasteiger charge is 2.75. The van der Waals surface area contributed by atoms with E-state index in [1.165, 1.54) is 9.80 Å². The summed E-state index contributed by atoms with van der Waals surface area (Å²) < 4.78 is 12.2. The maximum absolute atomic E-state index is 14.7. The fourth-order valence-electron chi connectivity index (χ4n) is 7.51. The zero-order valence-electron chi connectivity index (χ0n) is 27.4. The molecule has 0 aromatic heterocycles. The minimum Gasteiger partial charge on any atom is -0.463 e. The third kappa shape index (κ3) is 6.66. The molecule has 10 nitrogen and oxygen atoms in total. The zero-order valence-corrected chi connectivity index (χ0v) is 28.2. The molecule has 3 aliphatic rings. The number of allylic oxidation sites excluding steroid dienone is 1. The summed E-state index contributed by atoms with van der Waals surface area (Å²) in [5.74, 6) is -3.67. The lowest BCUT2D eigenvalue weighted by Gasteiger charge is -2.40. The van der Waals surface area contributed by atoms with Gasteiger partial charge in [-0.1, -0.05) is 67.9 Å². The smallest absolute Gasteiger partial charge is 0.306 e. The first-order valence-corrected chi connectivity index (χ1v) is 16.9. The predicted octanol–water partition coefficient (Wildman–Crippen LogP) is 4.62. The normalized spacial score (nSPS) is 25.4. The van der Waals surface area contributed by atoms with E-state index in [1.807, 2.05) is 44.2 Å². The number of aliphatic hydroxyl groups excluding tert-OH is 1. The number of fused-ring (bicyclic) bond motifs is 1. The van der Waals surface area contributed by atoms with Crippen molar-refractivity contribution in [3.8, 4) is 0 Å². The van der Waals surface area contributed by atoms with Crippen LogP contribution in [0.2, 0.25) is 5.02 Å². The van der Waals surface area contributed by atoms with Crippen LogP contribution in [0.4, 0.5) is 5.69 Å². The molecule has 2 N–H and O–H groups in total. The highest BCUT2D eigenvalue weighted by atomic mass is 35.5. The van der Waals surface area contributed by atoms with E-state index in [0.29, 0.717) is 30.0 Å². The number of ether oxygens (including phenoxy) is 2. The Bertz CT molecular complexity index is 1520. The third-order valence-electron chi connectivity index (χ3n) is 9.79. The lowest BCUT2D eigenvalue weighted by molar-refractivity contribution is -0.147. The van der Waals surface area contributed by atoms with Crippen molar-refractivity contribution in [3.63, 3.8) is 0 Å². The second-order valence-electron chi connectivity index (χ2n) is 13.0. The molecule has 0 unspecified atom stereocenters. The van der Waals surface area contributed by atoms with E-state index in [1.54, 1.807) is 36.4 Å². The van der Waals surface area contributed by atoms with Gasteiger partial charge in [0.15, 0.2) is 0 Å². The number of benzene rings is 2. The van der Waals surface area contributed by atoms with Gasteiger partial charge in [-0.15, -0.1) is 13.2 Å². The van der Waals surface area contributed by atoms with Crippen LogP contribution in [0.25, 0.3) is 0 Å². The van der Waals surface area contributed by atoms with Crippen molar-refractivity contribution in [1.82, 2.24) is 10.2 Å². The molecule has 5 rings (SSSR count). The molecule has 1 spiro atoms. The van der Waals surface area contributed by atoms with E-state index < -0.39 is 59.5 Å². The molecule has 3 saturated heterocycles. The van der Waals surface area contributed by atoms with E-state index in [0.717, 1.165) is 5.56 Å². The maximum Gasteiger partial charge on any atom is 0.306 e. The minimum atomic E-state index is -1.28. The molecule has 2 bridgehead atoms. The standard InChI is InChI=1S/C37H44ClN3O7/c1-5-7-13-30(43)47-22-27(24-11-9-8-10-12-24)39-34(44)31-29-18-19-37(48-29)32(31)35(45)41(28(21-42)23(3)4)33(37)36(46)40(20-6-2)26-16-14-25(38)15-17-26/h5-6,8-12,14-17,23,27-29,31-33,42H,1-2,7,13,18-22H2,3-4H3,(H,39,44)/t27-,28-,29+,31-,32-,33+,37-/m0/s1. The number of hydrogen-bond donors (Lipinski definition) is 2. The molecule has 0 saturated carbocycles. The highest BCUT2D eigenvalue weighted by Crippen LogP contribution is 2.59. The number of aliphatic hydroxyl groups is 1. The summed E-state index contributed by atoms with van der Waals surface area (Å²) in [6.45, 7) is 10.9. The van der Waals surface area contributed by atoms with Gasteiger partial charge in [0.1, 0.15) is 18.2 Å². The van der Waals surface area contributed by atoms with Crippen molar-refractivity contribution in [2.75, 3.05) is 24.7 Å². The first-order chi connectivity index (χ1) is 23.1. The molecule has 11 heteroatoms. The average molecular weight is 678 g/mol. The summed E-state index contributed by atoms with van der Waals surface area (Å²) in [7, 11) is 0. The summed E-state index contributed by atoms with van der Waals surface area (Å²) in [4.78, 5) is 59.0. The average Bonchev–Trinajstić information content (AvgIpc) is 3.73. The van der Waals surface area contributed by atoms with Crippen LogP contribution in [0, 0.1) is 17.8 Å². The number of amides is 3. The van der Waals surface area contributed by atoms with Gasteiger partial charge in [-0.3, -0.25) is 19.2 Å². The number of carbonyl (C=O) groups excluding carboxylic acids is 4. The van der Waals surface area contributed by atoms with E-state index in [4.69, 9.17) is 21.1 Å². The van der Waals surface area contributed by atoms with Crippen molar-refractivity contribution >= 4 is 41.0 Å². The molecule has 3 amide bonds. The summed E-state index contributed by atoms with van der Waals surface area (Å²) in [5, 5.41) is 14.1. The Hall–Kier alpha value is -3.99. The van der Waals surface area contributed by atoms with Gasteiger partial charge in [-0.05, 0) is 55.0 Å². The van der Waals surface area contributed by atoms with E-state index in [2.05, 4.69) is 18.5 Å². The summed E-state index contributed by atoms with van der Waals surface area (Å²) >= 11 is 6.15. The van der Waals surface area contributed by atoms with Gasteiger partial charge in [-0.25, -0.2) is 0 Å². The Balaban J connectivity index is 1.49. The number of nitrogens with zero attached hydrogens (tertiary/aromatic N) is 2. The second-order valence-corrected chi connectivity index (χ2v) is 13.4. The first kappa shape index (κ1) is 35.3. The monoisotopic (exact) mass is 677 g/mol. The molecule has 2 aromatic carbocycles. The van der Waals surface area contributed by atoms with E-state index >= 15 is 0 Å². The van der Waals surface area contributed by atoms with Gasteiger partial charge < -0.3 is 29.7 Å². The molecule has 3 fully saturated rings. The lowest BCUT2D eigenvalue weighted by Crippen LogP contribution is -2.59. The predicted molar refractivity (Wildman–Crippen MR) is 182 cm³/mol. The summed E-state index contributed by atoms with van der Waals surface area (Å²) in [6, 6.07) is 13.5. The number of anilines is 1. The third-order valence-corrected chi connectivity index (χ3v) is 10.0. The molecular formula is C37H44ClN3O7. The Morgan fingerprint density at radius 2 is 1.85 bits per heavy atom. The number of halogens is 1. The van der Waals surface area contributed by atoms with E-state index in [9.17, 15) is 24.3 Å². The fourth-order valence-corrected chi connectivity index (χ4v) is 7.64. The van der Waals surface area contributed by atoms with Crippen molar-refractivity contribution < 1.29 is 33.8 Å². The number of hydrogen-bond acceptors (Lipinski definition) is 7. The maximum atomic E-state index is 14.7. The van der Waals surface area contributed by atoms with Gasteiger partial charge >= 0.3 is 5.97 Å². The molecule has 0 radical (unpaired) electrons. The molecule has 0 aliphatic carbocycles. The largest absolute Gasteiger partial charge is 0.463 e. The van der Waals surface area contributed by atoms with Crippen LogP contribution in [-0.2, 0) is 28.7 Å². The molecule has 7 atom stereocenters. The molecule has 3 heterocycles. The minimum absolute atomic E-state index is 0.0987. The Morgan fingerprint density at radius 3 is 2.48 bits per heavy atom. The Morgan fingerprint density at radius 1 is 1.15 bits per heavy atom. The zero-order chi connectivity index (χ0) is 34.6. The molecule has 2 aromatic rings. The van der Waals surface area contributed by atoms with Gasteiger partial charge in [0.25, 0.3) is 5.91 Å². The number of nitrogens with one attached hydrogen (secondary N) is 1. The molecule has 3 aliphatic heterocycles. The molecule has 48 heavy (non-hydrogen) atoms. The van der Waals surface area contributed by atoms with Crippen LogP contribution >= 0.6 is 11.6 Å². The molecule has 256 valence electrons. The molecular weight excluding hydrogens is 634 g/mol. The van der Waals surface area contributed by atoms with Gasteiger partial charge in [0.05, 0.1) is 36.6 Å². The van der Waals surface area contributed by atoms with Crippen LogP contribution in [0.3, 0.4) is 0 Å². The fraction of sp³-hybridized carbons (Fsp3) is 0.459. The van der Waals surface area contributed by atoms with Crippen LogP contribution in [0.1, 0.15) is 51.1 Å². The Labute approximate surface area is 286 Å². The number of carbonyl (C=O) groups is 4. The van der Waals surface area contributed by atoms with Crippen LogP contribution in [0.5, 0.6) is 0 Å². The van der Waals surface area contributed by atoms with Crippen LogP contribution < -0.4 is 10.2 Å². The van der Waals surface area contributed by atoms with Crippen molar-refractivity contribution in [2.24, 2.45) is 17.8 Å². The summed E-state index contributed by atoms with van der Waals surface area (Å²) in [6.07, 6.45) is 4.15. The van der Waals surface area contributed by atoms with Crippen molar-refractivity contribution in [1.29, 1.82) is 0 Å². The topological polar surface area (TPSA) is 125 Å². The quantitative estimate of drug-likeness (QED) is 0.208. The highest BCUT2D eigenvalue weighted by molar-refractivity contribution is 6.30. The number of esters is 1. The lowest BCUT2D eigenvalue weighted by atomic mass is 9.70. The second kappa shape index (κ2) is 15.1. The van der Waals surface area contributed by atoms with Crippen LogP contribution in [0.15, 0.2) is 79.9 Å². The summed E-state index contributed by atoms with van der Waals surface area (Å²) in [5.41, 5.74) is 0.0163. The van der Waals surface area contributed by atoms with Gasteiger partial charge in [0.2, 0.25) is 11.8 Å². The van der Waals surface area contributed by atoms with E-state index in [-0.39, 0.29) is 38.0 Å². The van der Waals surface area contributed by atoms with Gasteiger partial charge in [-0.2, -0.15) is 0 Å².